The zero-order chi connectivity index (χ0) is 25.6. The summed E-state index contributed by atoms with van der Waals surface area (Å²) in [7, 11) is 0. The van der Waals surface area contributed by atoms with Crippen molar-refractivity contribution in [1.29, 1.82) is 0 Å². The van der Waals surface area contributed by atoms with Gasteiger partial charge in [-0.3, -0.25) is 0 Å². The summed E-state index contributed by atoms with van der Waals surface area (Å²) in [5.41, 5.74) is 5.07. The number of thiophene rings is 3. The summed E-state index contributed by atoms with van der Waals surface area (Å²) in [5.74, 6) is -1.01. The molecule has 37 heavy (non-hydrogen) atoms. The Morgan fingerprint density at radius 1 is 0.730 bits per heavy atom. The van der Waals surface area contributed by atoms with Gasteiger partial charge in [-0.25, -0.2) is 4.79 Å². The number of carboxylic acid groups (broad SMARTS) is 1. The molecule has 3 nitrogen and oxygen atoms in total. The quantitative estimate of drug-likeness (QED) is 0.150. The number of nitrogens with zero attached hydrogens (tertiary/aromatic N) is 1. The molecule has 1 N–H and O–H groups in total. The van der Waals surface area contributed by atoms with Crippen LogP contribution in [-0.4, -0.2) is 11.1 Å². The molecule has 6 heteroatoms. The molecule has 5 aromatic rings. The first-order chi connectivity index (χ1) is 18.1. The molecule has 0 fully saturated rings. The van der Waals surface area contributed by atoms with Gasteiger partial charge in [0.15, 0.2) is 0 Å². The van der Waals surface area contributed by atoms with Gasteiger partial charge in [-0.05, 0) is 69.2 Å². The smallest absolute Gasteiger partial charge is 0.335 e. The molecule has 0 bridgehead atoms. The molecule has 0 aliphatic heterocycles. The Kier molecular flexibility index (Phi) is 7.61. The van der Waals surface area contributed by atoms with Crippen LogP contribution in [-0.2, 0) is 4.79 Å². The van der Waals surface area contributed by atoms with E-state index in [0.29, 0.717) is 5.56 Å². The standard InChI is InChI=1S/C31H23NO2S3/c1-22(31(33)34)25-14-10-23(11-15-25)8-9-24-12-16-26(17-13-24)32(30-7-4-20-37-30)21-27(28-5-2-18-35-28)29-6-3-19-36-29/h2-21H,1H2,(H,33,34). The molecular weight excluding hydrogens is 515 g/mol. The van der Waals surface area contributed by atoms with Gasteiger partial charge in [0, 0.05) is 27.2 Å². The Labute approximate surface area is 228 Å². The van der Waals surface area contributed by atoms with Crippen LogP contribution >= 0.6 is 34.0 Å². The topological polar surface area (TPSA) is 40.5 Å². The third-order valence-electron chi connectivity index (χ3n) is 5.73. The highest BCUT2D eigenvalue weighted by molar-refractivity contribution is 7.14. The fourth-order valence-electron chi connectivity index (χ4n) is 3.77. The molecule has 0 unspecified atom stereocenters. The van der Waals surface area contributed by atoms with Crippen LogP contribution in [0, 0.1) is 0 Å². The third-order valence-corrected chi connectivity index (χ3v) is 8.41. The maximum absolute atomic E-state index is 11.1. The summed E-state index contributed by atoms with van der Waals surface area (Å²) in [6.07, 6.45) is 6.31. The molecule has 3 heterocycles. The van der Waals surface area contributed by atoms with E-state index in [4.69, 9.17) is 5.11 Å². The monoisotopic (exact) mass is 537 g/mol. The molecule has 0 spiro atoms. The molecule has 182 valence electrons. The van der Waals surface area contributed by atoms with Gasteiger partial charge < -0.3 is 10.0 Å². The van der Waals surface area contributed by atoms with Crippen molar-refractivity contribution in [3.05, 3.63) is 140 Å². The zero-order valence-corrected chi connectivity index (χ0v) is 22.2. The van der Waals surface area contributed by atoms with E-state index < -0.39 is 5.97 Å². The van der Waals surface area contributed by atoms with E-state index in [2.05, 4.69) is 101 Å². The number of carbonyl (C=O) groups is 1. The number of rotatable bonds is 9. The van der Waals surface area contributed by atoms with Crippen LogP contribution in [0.3, 0.4) is 0 Å². The van der Waals surface area contributed by atoms with Gasteiger partial charge in [-0.15, -0.1) is 34.0 Å². The zero-order valence-electron chi connectivity index (χ0n) is 19.8. The maximum Gasteiger partial charge on any atom is 0.335 e. The summed E-state index contributed by atoms with van der Waals surface area (Å²) in [6.45, 7) is 3.61. The highest BCUT2D eigenvalue weighted by atomic mass is 32.1. The lowest BCUT2D eigenvalue weighted by molar-refractivity contribution is -0.130. The summed E-state index contributed by atoms with van der Waals surface area (Å²) in [4.78, 5) is 15.8. The fourth-order valence-corrected chi connectivity index (χ4v) is 6.06. The summed E-state index contributed by atoms with van der Waals surface area (Å²) in [6, 6.07) is 28.6. The Balaban J connectivity index is 1.41. The van der Waals surface area contributed by atoms with E-state index in [1.165, 1.54) is 15.3 Å². The van der Waals surface area contributed by atoms with Gasteiger partial charge in [0.1, 0.15) is 0 Å². The van der Waals surface area contributed by atoms with Crippen LogP contribution in [0.25, 0.3) is 23.3 Å². The minimum atomic E-state index is -1.01. The molecule has 5 rings (SSSR count). The minimum Gasteiger partial charge on any atom is -0.478 e. The Hall–Kier alpha value is -3.97. The minimum absolute atomic E-state index is 0.0942. The fraction of sp³-hybridized carbons (Fsp3) is 0. The van der Waals surface area contributed by atoms with Gasteiger partial charge in [-0.2, -0.15) is 0 Å². The highest BCUT2D eigenvalue weighted by Gasteiger charge is 2.14. The van der Waals surface area contributed by atoms with Crippen LogP contribution in [0.2, 0.25) is 0 Å². The SMILES string of the molecule is C=C(C(=O)O)c1ccc(C=Cc2ccc(N(C=C(c3cccs3)c3cccs3)c3cccs3)cc2)cc1. The predicted octanol–water partition coefficient (Wildman–Crippen LogP) is 9.37. The third kappa shape index (κ3) is 5.89. The van der Waals surface area contributed by atoms with E-state index in [0.717, 1.165) is 21.8 Å². The van der Waals surface area contributed by atoms with E-state index in [1.54, 1.807) is 46.1 Å². The number of aliphatic carboxylic acids is 1. The van der Waals surface area contributed by atoms with E-state index >= 15 is 0 Å². The molecule has 0 aliphatic rings. The lowest BCUT2D eigenvalue weighted by Gasteiger charge is -2.21. The van der Waals surface area contributed by atoms with Crippen molar-refractivity contribution < 1.29 is 9.90 Å². The van der Waals surface area contributed by atoms with Crippen molar-refractivity contribution in [1.82, 2.24) is 0 Å². The first-order valence-electron chi connectivity index (χ1n) is 11.5. The number of benzene rings is 2. The Morgan fingerprint density at radius 2 is 1.27 bits per heavy atom. The van der Waals surface area contributed by atoms with Crippen LogP contribution in [0.5, 0.6) is 0 Å². The summed E-state index contributed by atoms with van der Waals surface area (Å²) >= 11 is 5.20. The molecule has 3 aromatic heterocycles. The second-order valence-electron chi connectivity index (χ2n) is 8.15. The van der Waals surface area contributed by atoms with Crippen LogP contribution in [0.1, 0.15) is 26.4 Å². The van der Waals surface area contributed by atoms with Gasteiger partial charge in [0.2, 0.25) is 0 Å². The Bertz CT molecular complexity index is 1490. The van der Waals surface area contributed by atoms with Crippen molar-refractivity contribution in [2.24, 2.45) is 0 Å². The summed E-state index contributed by atoms with van der Waals surface area (Å²) < 4.78 is 0. The van der Waals surface area contributed by atoms with E-state index in [9.17, 15) is 4.79 Å². The van der Waals surface area contributed by atoms with Crippen LogP contribution in [0.15, 0.2) is 114 Å². The van der Waals surface area contributed by atoms with Gasteiger partial charge in [0.25, 0.3) is 0 Å². The van der Waals surface area contributed by atoms with E-state index in [-0.39, 0.29) is 5.57 Å². The number of hydrogen-bond acceptors (Lipinski definition) is 5. The second-order valence-corrected chi connectivity index (χ2v) is 11.0. The first kappa shape index (κ1) is 24.7. The number of anilines is 2. The van der Waals surface area contributed by atoms with Crippen molar-refractivity contribution in [3.63, 3.8) is 0 Å². The first-order valence-corrected chi connectivity index (χ1v) is 14.2. The highest BCUT2D eigenvalue weighted by Crippen LogP contribution is 2.36. The van der Waals surface area contributed by atoms with Crippen molar-refractivity contribution in [2.45, 2.75) is 0 Å². The number of carboxylic acids is 1. The van der Waals surface area contributed by atoms with Gasteiger partial charge in [-0.1, -0.05) is 67.3 Å². The molecule has 2 aromatic carbocycles. The molecule has 0 saturated carbocycles. The molecular formula is C31H23NO2S3. The van der Waals surface area contributed by atoms with Gasteiger partial charge >= 0.3 is 5.97 Å². The van der Waals surface area contributed by atoms with Gasteiger partial charge in [0.05, 0.1) is 10.6 Å². The van der Waals surface area contributed by atoms with Crippen molar-refractivity contribution >= 4 is 74.0 Å². The van der Waals surface area contributed by atoms with E-state index in [1.807, 2.05) is 18.2 Å². The lowest BCUT2D eigenvalue weighted by Crippen LogP contribution is -2.08. The number of hydrogen-bond donors (Lipinski definition) is 1. The molecule has 0 radical (unpaired) electrons. The molecule has 0 aliphatic carbocycles. The lowest BCUT2D eigenvalue weighted by atomic mass is 10.0. The molecule has 0 saturated heterocycles. The predicted molar refractivity (Wildman–Crippen MR) is 161 cm³/mol. The molecule has 0 amide bonds. The average Bonchev–Trinajstić information content (AvgIpc) is 3.73. The van der Waals surface area contributed by atoms with Crippen molar-refractivity contribution in [3.8, 4) is 0 Å². The normalized spacial score (nSPS) is 10.9. The maximum atomic E-state index is 11.1. The average molecular weight is 538 g/mol. The molecule has 0 atom stereocenters. The summed E-state index contributed by atoms with van der Waals surface area (Å²) in [5, 5.41) is 16.6. The van der Waals surface area contributed by atoms with Crippen molar-refractivity contribution in [2.75, 3.05) is 4.90 Å². The van der Waals surface area contributed by atoms with Crippen LogP contribution in [0.4, 0.5) is 10.7 Å². The van der Waals surface area contributed by atoms with Crippen LogP contribution < -0.4 is 4.90 Å². The second kappa shape index (κ2) is 11.4. The Morgan fingerprint density at radius 3 is 1.76 bits per heavy atom. The largest absolute Gasteiger partial charge is 0.478 e.